The van der Waals surface area contributed by atoms with E-state index in [1.54, 1.807) is 0 Å². The summed E-state index contributed by atoms with van der Waals surface area (Å²) in [6.07, 6.45) is -0.777. The Morgan fingerprint density at radius 1 is 1.03 bits per heavy atom. The van der Waals surface area contributed by atoms with Gasteiger partial charge in [-0.25, -0.2) is 9.59 Å². The van der Waals surface area contributed by atoms with Crippen LogP contribution in [0, 0.1) is 0 Å². The summed E-state index contributed by atoms with van der Waals surface area (Å²) in [6, 6.07) is 14.9. The molecule has 8 heteroatoms. The number of likely N-dealkylation sites (tertiary alicyclic amines) is 1. The molecule has 1 saturated carbocycles. The third-order valence-electron chi connectivity index (χ3n) is 6.67. The van der Waals surface area contributed by atoms with Crippen molar-refractivity contribution in [1.82, 2.24) is 10.2 Å². The Kier molecular flexibility index (Phi) is 4.89. The molecule has 0 radical (unpaired) electrons. The first kappa shape index (κ1) is 20.5. The van der Waals surface area contributed by atoms with Crippen LogP contribution < -0.4 is 5.32 Å². The lowest BCUT2D eigenvalue weighted by Crippen LogP contribution is -2.53. The van der Waals surface area contributed by atoms with Crippen LogP contribution in [0.15, 0.2) is 48.5 Å². The summed E-state index contributed by atoms with van der Waals surface area (Å²) in [5.74, 6) is -1.73. The number of rotatable bonds is 5. The molecule has 5 rings (SSSR count). The first-order valence-electron chi connectivity index (χ1n) is 10.7. The molecule has 3 aliphatic rings. The van der Waals surface area contributed by atoms with Gasteiger partial charge in [0.05, 0.1) is 6.10 Å². The maximum Gasteiger partial charge on any atom is 0.408 e. The molecule has 1 aliphatic heterocycles. The number of hydrogen-bond donors (Lipinski definition) is 3. The fourth-order valence-electron chi connectivity index (χ4n) is 4.89. The van der Waals surface area contributed by atoms with Crippen molar-refractivity contribution < 1.29 is 29.3 Å². The second-order valence-electron chi connectivity index (χ2n) is 8.73. The first-order chi connectivity index (χ1) is 15.4. The fourth-order valence-corrected chi connectivity index (χ4v) is 4.89. The van der Waals surface area contributed by atoms with E-state index in [0.717, 1.165) is 27.2 Å². The molecule has 2 aromatic carbocycles. The predicted octanol–water partition coefficient (Wildman–Crippen LogP) is 2.10. The molecule has 2 aromatic rings. The van der Waals surface area contributed by atoms with Crippen molar-refractivity contribution in [2.45, 2.75) is 42.9 Å². The Balaban J connectivity index is 1.26. The monoisotopic (exact) mass is 436 g/mol. The molecular weight excluding hydrogens is 412 g/mol. The van der Waals surface area contributed by atoms with Crippen LogP contribution in [0.5, 0.6) is 0 Å². The van der Waals surface area contributed by atoms with Crippen molar-refractivity contribution in [2.75, 3.05) is 13.2 Å². The van der Waals surface area contributed by atoms with Gasteiger partial charge in [-0.15, -0.1) is 0 Å². The van der Waals surface area contributed by atoms with E-state index in [-0.39, 0.29) is 25.5 Å². The third-order valence-corrected chi connectivity index (χ3v) is 6.67. The number of nitrogens with one attached hydrogen (secondary N) is 1. The van der Waals surface area contributed by atoms with Crippen LogP contribution in [0.3, 0.4) is 0 Å². The van der Waals surface area contributed by atoms with E-state index in [1.807, 2.05) is 36.4 Å². The highest BCUT2D eigenvalue weighted by Gasteiger charge is 2.56. The van der Waals surface area contributed by atoms with Gasteiger partial charge in [0.25, 0.3) is 0 Å². The number of β-amino-alcohol motifs (C(OH)–C–C–N with tert-alkyl or cyclic N) is 1. The Morgan fingerprint density at radius 2 is 1.62 bits per heavy atom. The van der Waals surface area contributed by atoms with Gasteiger partial charge in [0.1, 0.15) is 18.2 Å². The van der Waals surface area contributed by atoms with Gasteiger partial charge in [-0.1, -0.05) is 48.5 Å². The summed E-state index contributed by atoms with van der Waals surface area (Å²) in [5, 5.41) is 21.9. The Morgan fingerprint density at radius 3 is 2.19 bits per heavy atom. The lowest BCUT2D eigenvalue weighted by molar-refractivity contribution is -0.149. The normalized spacial score (nSPS) is 22.7. The number of aliphatic hydroxyl groups excluding tert-OH is 1. The highest BCUT2D eigenvalue weighted by atomic mass is 16.5. The Labute approximate surface area is 184 Å². The SMILES string of the molecule is O=C(NC1(C(=O)N2C[C@H](O)C[C@@H]2C(=O)O)CC1)OCC1c2ccccc2-c2ccccc21. The lowest BCUT2D eigenvalue weighted by Gasteiger charge is -2.27. The molecule has 32 heavy (non-hydrogen) atoms. The van der Waals surface area contributed by atoms with Gasteiger partial charge in [0.15, 0.2) is 0 Å². The molecule has 8 nitrogen and oxygen atoms in total. The van der Waals surface area contributed by atoms with Gasteiger partial charge < -0.3 is 25.2 Å². The topological polar surface area (TPSA) is 116 Å². The van der Waals surface area contributed by atoms with Gasteiger partial charge in [-0.2, -0.15) is 0 Å². The number of nitrogens with zero attached hydrogens (tertiary/aromatic N) is 1. The van der Waals surface area contributed by atoms with Crippen LogP contribution in [0.4, 0.5) is 4.79 Å². The number of carbonyl (C=O) groups excluding carboxylic acids is 2. The molecule has 1 saturated heterocycles. The first-order valence-corrected chi connectivity index (χ1v) is 10.7. The molecule has 1 heterocycles. The minimum atomic E-state index is -1.16. The molecule has 2 atom stereocenters. The van der Waals surface area contributed by atoms with E-state index < -0.39 is 35.7 Å². The van der Waals surface area contributed by atoms with E-state index in [4.69, 9.17) is 4.74 Å². The van der Waals surface area contributed by atoms with Crippen LogP contribution in [0.2, 0.25) is 0 Å². The van der Waals surface area contributed by atoms with Crippen molar-refractivity contribution in [1.29, 1.82) is 0 Å². The average molecular weight is 436 g/mol. The third kappa shape index (κ3) is 3.40. The zero-order valence-corrected chi connectivity index (χ0v) is 17.4. The molecular formula is C24H24N2O6. The number of aliphatic carboxylic acids is 1. The Bertz CT molecular complexity index is 1050. The molecule has 166 valence electrons. The summed E-state index contributed by atoms with van der Waals surface area (Å²) in [5.41, 5.74) is 3.28. The standard InChI is InChI=1S/C24H24N2O6/c27-14-11-20(21(28)29)26(12-14)22(30)24(9-10-24)25-23(31)32-13-19-17-7-3-1-5-15(17)16-6-2-4-8-18(16)19/h1-8,14,19-20,27H,9-13H2,(H,25,31)(H,28,29)/t14-,20-/m1/s1. The zero-order chi connectivity index (χ0) is 22.5. The lowest BCUT2D eigenvalue weighted by atomic mass is 9.98. The number of carbonyl (C=O) groups is 3. The molecule has 0 spiro atoms. The van der Waals surface area contributed by atoms with Gasteiger partial charge >= 0.3 is 12.1 Å². The summed E-state index contributed by atoms with van der Waals surface area (Å²) in [4.78, 5) is 38.2. The maximum absolute atomic E-state index is 13.0. The second kappa shape index (κ2) is 7.63. The fraction of sp³-hybridized carbons (Fsp3) is 0.375. The molecule has 0 unspecified atom stereocenters. The average Bonchev–Trinajstić information content (AvgIpc) is 3.34. The Hall–Kier alpha value is -3.39. The highest BCUT2D eigenvalue weighted by molar-refractivity contribution is 5.95. The van der Waals surface area contributed by atoms with Crippen molar-refractivity contribution in [3.8, 4) is 11.1 Å². The van der Waals surface area contributed by atoms with Crippen LogP contribution in [0.1, 0.15) is 36.3 Å². The van der Waals surface area contributed by atoms with Crippen molar-refractivity contribution >= 4 is 18.0 Å². The minimum absolute atomic E-state index is 0.0118. The van der Waals surface area contributed by atoms with Crippen LogP contribution in [0.25, 0.3) is 11.1 Å². The molecule has 2 aliphatic carbocycles. The second-order valence-corrected chi connectivity index (χ2v) is 8.73. The van der Waals surface area contributed by atoms with E-state index in [2.05, 4.69) is 17.4 Å². The molecule has 0 aromatic heterocycles. The molecule has 2 amide bonds. The number of benzene rings is 2. The van der Waals surface area contributed by atoms with Gasteiger partial charge in [-0.05, 0) is 35.1 Å². The minimum Gasteiger partial charge on any atom is -0.480 e. The summed E-state index contributed by atoms with van der Waals surface area (Å²) in [7, 11) is 0. The van der Waals surface area contributed by atoms with E-state index in [9.17, 15) is 24.6 Å². The van der Waals surface area contributed by atoms with Crippen LogP contribution in [-0.4, -0.2) is 63.9 Å². The summed E-state index contributed by atoms with van der Waals surface area (Å²) < 4.78 is 5.54. The van der Waals surface area contributed by atoms with Crippen molar-refractivity contribution in [2.24, 2.45) is 0 Å². The highest BCUT2D eigenvalue weighted by Crippen LogP contribution is 2.44. The number of amides is 2. The maximum atomic E-state index is 13.0. The number of ether oxygens (including phenoxy) is 1. The van der Waals surface area contributed by atoms with Crippen LogP contribution >= 0.6 is 0 Å². The quantitative estimate of drug-likeness (QED) is 0.661. The number of aliphatic hydroxyl groups is 1. The van der Waals surface area contributed by atoms with E-state index in [1.165, 1.54) is 0 Å². The zero-order valence-electron chi connectivity index (χ0n) is 17.4. The van der Waals surface area contributed by atoms with Crippen LogP contribution in [-0.2, 0) is 14.3 Å². The predicted molar refractivity (Wildman–Crippen MR) is 114 cm³/mol. The largest absolute Gasteiger partial charge is 0.480 e. The summed E-state index contributed by atoms with van der Waals surface area (Å²) >= 11 is 0. The molecule has 0 bridgehead atoms. The number of hydrogen-bond acceptors (Lipinski definition) is 5. The number of carboxylic acids is 1. The molecule has 3 N–H and O–H groups in total. The van der Waals surface area contributed by atoms with E-state index in [0.29, 0.717) is 12.8 Å². The number of alkyl carbamates (subject to hydrolysis) is 1. The smallest absolute Gasteiger partial charge is 0.408 e. The molecule has 2 fully saturated rings. The number of fused-ring (bicyclic) bond motifs is 3. The van der Waals surface area contributed by atoms with Crippen molar-refractivity contribution in [3.63, 3.8) is 0 Å². The summed E-state index contributed by atoms with van der Waals surface area (Å²) in [6.45, 7) is 0.0776. The van der Waals surface area contributed by atoms with Gasteiger partial charge in [0.2, 0.25) is 5.91 Å². The number of carboxylic acid groups (broad SMARTS) is 1. The van der Waals surface area contributed by atoms with E-state index >= 15 is 0 Å². The van der Waals surface area contributed by atoms with Gasteiger partial charge in [-0.3, -0.25) is 4.79 Å². The van der Waals surface area contributed by atoms with Crippen molar-refractivity contribution in [3.05, 3.63) is 59.7 Å². The van der Waals surface area contributed by atoms with Gasteiger partial charge in [0, 0.05) is 18.9 Å².